The first-order chi connectivity index (χ1) is 19.8. The summed E-state index contributed by atoms with van der Waals surface area (Å²) in [4.78, 5) is 82.6. The Kier molecular flexibility index (Phi) is 14.3. The van der Waals surface area contributed by atoms with Crippen molar-refractivity contribution in [1.82, 2.24) is 26.3 Å². The molecule has 1 aromatic heterocycles. The second kappa shape index (κ2) is 16.4. The lowest BCUT2D eigenvalue weighted by atomic mass is 9.71. The molecule has 13 nitrogen and oxygen atoms in total. The third kappa shape index (κ3) is 12.8. The summed E-state index contributed by atoms with van der Waals surface area (Å²) in [6.45, 7) is 9.93. The quantitative estimate of drug-likeness (QED) is 0.150. The molecule has 1 aromatic rings. The van der Waals surface area contributed by atoms with Gasteiger partial charge in [-0.2, -0.15) is 0 Å². The van der Waals surface area contributed by atoms with Crippen molar-refractivity contribution in [1.29, 1.82) is 0 Å². The summed E-state index contributed by atoms with van der Waals surface area (Å²) in [6, 6.07) is -1.15. The molecule has 2 atom stereocenters. The molecule has 0 unspecified atom stereocenters. The summed E-state index contributed by atoms with van der Waals surface area (Å²) in [7, 11) is 1.42. The number of ether oxygens (including phenoxy) is 1. The van der Waals surface area contributed by atoms with Gasteiger partial charge in [0.25, 0.3) is 0 Å². The monoisotopic (exact) mass is 605 g/mol. The van der Waals surface area contributed by atoms with E-state index in [-0.39, 0.29) is 55.5 Å². The molecule has 13 heteroatoms. The standard InChI is InChI=1S/C30H49N6O7/c1-28(2,22(37)12-19(26(32)41)10-8-9-11-34-25(40)17-43-7)14-23(38)29(3,4)15-24(39)30(5,6)36-27(42)21(31)13-20-16-33-18-35-20/h16,18-19,21,31H,8-15,17H2,1-7H3,(H2,32,41)(H,33,35)(H,34,40)(H,36,42)/t19-,21+/m1/s1. The van der Waals surface area contributed by atoms with Gasteiger partial charge >= 0.3 is 0 Å². The number of hydrogen-bond acceptors (Lipinski definition) is 8. The van der Waals surface area contributed by atoms with E-state index in [9.17, 15) is 28.8 Å². The number of rotatable bonds is 21. The van der Waals surface area contributed by atoms with Gasteiger partial charge in [0.1, 0.15) is 24.2 Å². The van der Waals surface area contributed by atoms with Crippen molar-refractivity contribution in [2.45, 2.75) is 98.1 Å². The Morgan fingerprint density at radius 2 is 1.58 bits per heavy atom. The van der Waals surface area contributed by atoms with E-state index in [4.69, 9.17) is 16.2 Å². The molecule has 0 aliphatic carbocycles. The van der Waals surface area contributed by atoms with E-state index in [0.29, 0.717) is 31.5 Å². The largest absolute Gasteiger partial charge is 0.375 e. The highest BCUT2D eigenvalue weighted by Crippen LogP contribution is 2.34. The van der Waals surface area contributed by atoms with Crippen LogP contribution < -0.4 is 22.1 Å². The number of methoxy groups -OCH3 is 1. The minimum atomic E-state index is -1.32. The highest BCUT2D eigenvalue weighted by atomic mass is 16.5. The first-order valence-corrected chi connectivity index (χ1v) is 14.5. The normalized spacial score (nSPS) is 13.6. The van der Waals surface area contributed by atoms with Gasteiger partial charge in [0, 0.05) is 68.0 Å². The minimum absolute atomic E-state index is 0.0365. The Labute approximate surface area is 254 Å². The molecule has 6 N–H and O–H groups in total. The number of amides is 3. The van der Waals surface area contributed by atoms with Crippen LogP contribution >= 0.6 is 0 Å². The summed E-state index contributed by atoms with van der Waals surface area (Å²) in [5.41, 5.74) is 10.7. The van der Waals surface area contributed by atoms with Gasteiger partial charge < -0.3 is 26.1 Å². The third-order valence-electron chi connectivity index (χ3n) is 7.55. The molecule has 0 saturated carbocycles. The molecule has 241 valence electrons. The van der Waals surface area contributed by atoms with Crippen LogP contribution in [0.3, 0.4) is 0 Å². The van der Waals surface area contributed by atoms with Crippen molar-refractivity contribution in [2.24, 2.45) is 22.5 Å². The molecule has 1 rings (SSSR count). The zero-order valence-electron chi connectivity index (χ0n) is 26.6. The van der Waals surface area contributed by atoms with Gasteiger partial charge in [-0.25, -0.2) is 10.7 Å². The molecule has 3 amide bonds. The van der Waals surface area contributed by atoms with Crippen LogP contribution in [0.2, 0.25) is 0 Å². The van der Waals surface area contributed by atoms with Crippen LogP contribution in [0.1, 0.15) is 85.8 Å². The lowest BCUT2D eigenvalue weighted by Gasteiger charge is -2.33. The van der Waals surface area contributed by atoms with E-state index in [2.05, 4.69) is 20.6 Å². The number of carbonyl (C=O) groups excluding carboxylic acids is 6. The Bertz CT molecular complexity index is 1130. The fraction of sp³-hybridized carbons (Fsp3) is 0.700. The summed E-state index contributed by atoms with van der Waals surface area (Å²) in [5.74, 6) is -3.14. The van der Waals surface area contributed by atoms with Gasteiger partial charge in [-0.05, 0) is 26.7 Å². The zero-order chi connectivity index (χ0) is 33.0. The van der Waals surface area contributed by atoms with Gasteiger partial charge in [-0.3, -0.25) is 28.8 Å². The average molecular weight is 606 g/mol. The van der Waals surface area contributed by atoms with Crippen molar-refractivity contribution in [2.75, 3.05) is 20.3 Å². The molecular weight excluding hydrogens is 556 g/mol. The number of carbonyl (C=O) groups is 6. The van der Waals surface area contributed by atoms with Crippen molar-refractivity contribution < 1.29 is 33.5 Å². The van der Waals surface area contributed by atoms with E-state index in [1.807, 2.05) is 0 Å². The molecule has 0 fully saturated rings. The Balaban J connectivity index is 2.71. The van der Waals surface area contributed by atoms with Gasteiger partial charge in [-0.1, -0.05) is 34.1 Å². The highest BCUT2D eigenvalue weighted by molar-refractivity contribution is 5.99. The number of imidazole rings is 1. The van der Waals surface area contributed by atoms with E-state index in [0.717, 1.165) is 0 Å². The fourth-order valence-corrected chi connectivity index (χ4v) is 4.40. The van der Waals surface area contributed by atoms with Crippen LogP contribution in [0.5, 0.6) is 0 Å². The molecule has 0 bridgehead atoms. The van der Waals surface area contributed by atoms with Crippen molar-refractivity contribution in [3.05, 3.63) is 18.2 Å². The van der Waals surface area contributed by atoms with Crippen molar-refractivity contribution >= 4 is 35.1 Å². The number of aromatic nitrogens is 2. The van der Waals surface area contributed by atoms with Crippen LogP contribution in [0.4, 0.5) is 0 Å². The van der Waals surface area contributed by atoms with E-state index >= 15 is 0 Å². The number of nitrogens with two attached hydrogens (primary N) is 1. The SMILES string of the molecule is COCC(=O)NCCCC[C@H](CC(=O)C(C)(C)CC(=O)C(C)(C)CC(=O)C(C)(C)NC(=O)[C@@H]([NH])Cc1cnc[nH]1)C(N)=O. The molecule has 1 heterocycles. The number of primary amides is 1. The fourth-order valence-electron chi connectivity index (χ4n) is 4.40. The second-order valence-corrected chi connectivity index (χ2v) is 12.9. The average Bonchev–Trinajstić information content (AvgIpc) is 3.39. The Hall–Kier alpha value is -3.45. The van der Waals surface area contributed by atoms with E-state index < -0.39 is 40.1 Å². The maximum absolute atomic E-state index is 13.4. The highest BCUT2D eigenvalue weighted by Gasteiger charge is 2.41. The summed E-state index contributed by atoms with van der Waals surface area (Å²) in [6.07, 6.45) is 4.17. The number of H-pyrrole nitrogens is 1. The molecule has 0 aliphatic rings. The number of aromatic amines is 1. The topological polar surface area (TPSA) is 214 Å². The molecule has 0 saturated heterocycles. The summed E-state index contributed by atoms with van der Waals surface area (Å²) in [5, 5.41) is 5.31. The maximum Gasteiger partial charge on any atom is 0.245 e. The van der Waals surface area contributed by atoms with Gasteiger partial charge in [0.05, 0.1) is 11.9 Å². The predicted molar refractivity (Wildman–Crippen MR) is 159 cm³/mol. The van der Waals surface area contributed by atoms with Crippen LogP contribution in [0.25, 0.3) is 0 Å². The first kappa shape index (κ1) is 37.6. The first-order valence-electron chi connectivity index (χ1n) is 14.5. The Morgan fingerprint density at radius 1 is 0.977 bits per heavy atom. The Morgan fingerprint density at radius 3 is 2.14 bits per heavy atom. The van der Waals surface area contributed by atoms with Crippen LogP contribution in [0.15, 0.2) is 12.5 Å². The number of nitrogens with zero attached hydrogens (tertiary/aromatic N) is 1. The van der Waals surface area contributed by atoms with Gasteiger partial charge in [-0.15, -0.1) is 0 Å². The van der Waals surface area contributed by atoms with Crippen LogP contribution in [0, 0.1) is 16.7 Å². The summed E-state index contributed by atoms with van der Waals surface area (Å²) >= 11 is 0. The van der Waals surface area contributed by atoms with E-state index in [1.54, 1.807) is 27.7 Å². The van der Waals surface area contributed by atoms with E-state index in [1.165, 1.54) is 33.5 Å². The van der Waals surface area contributed by atoms with Crippen LogP contribution in [-0.2, 0) is 39.9 Å². The maximum atomic E-state index is 13.4. The molecule has 43 heavy (non-hydrogen) atoms. The molecule has 0 spiro atoms. The van der Waals surface area contributed by atoms with Crippen LogP contribution in [-0.4, -0.2) is 76.9 Å². The van der Waals surface area contributed by atoms with Crippen molar-refractivity contribution in [3.8, 4) is 0 Å². The van der Waals surface area contributed by atoms with Crippen molar-refractivity contribution in [3.63, 3.8) is 0 Å². The lowest BCUT2D eigenvalue weighted by molar-refractivity contribution is -0.140. The lowest BCUT2D eigenvalue weighted by Crippen LogP contribution is -2.54. The second-order valence-electron chi connectivity index (χ2n) is 12.9. The number of ketones is 3. The minimum Gasteiger partial charge on any atom is -0.375 e. The zero-order valence-corrected chi connectivity index (χ0v) is 26.6. The predicted octanol–water partition coefficient (Wildman–Crippen LogP) is 1.46. The molecule has 0 aliphatic heterocycles. The number of unbranched alkanes of at least 4 members (excludes halogenated alkanes) is 1. The molecular formula is C30H49N6O7. The number of Topliss-reactive ketones (excluding diaryl/α,β-unsaturated/α-hetero) is 3. The summed E-state index contributed by atoms with van der Waals surface area (Å²) < 4.78 is 4.75. The smallest absolute Gasteiger partial charge is 0.245 e. The van der Waals surface area contributed by atoms with Gasteiger partial charge in [0.15, 0.2) is 5.78 Å². The van der Waals surface area contributed by atoms with Gasteiger partial charge in [0.2, 0.25) is 17.7 Å². The molecule has 0 aromatic carbocycles. The number of hydrogen-bond donors (Lipinski definition) is 4. The number of nitrogens with one attached hydrogen (secondary N) is 4. The molecule has 1 radical (unpaired) electrons. The third-order valence-corrected chi connectivity index (χ3v) is 7.55.